The van der Waals surface area contributed by atoms with Crippen LogP contribution in [0.4, 0.5) is 0 Å². The van der Waals surface area contributed by atoms with Crippen molar-refractivity contribution in [1.29, 1.82) is 0 Å². The van der Waals surface area contributed by atoms with Crippen molar-refractivity contribution in [3.05, 3.63) is 41.5 Å². The van der Waals surface area contributed by atoms with Crippen LogP contribution in [-0.2, 0) is 16.4 Å². The number of para-hydroxylation sites is 1. The van der Waals surface area contributed by atoms with Crippen LogP contribution in [0.25, 0.3) is 11.0 Å². The summed E-state index contributed by atoms with van der Waals surface area (Å²) >= 11 is 0. The SMILES string of the molecule is COc1cccc2cc(CNC3C=CS(=O)(=O)C3)oc12. The zero-order valence-corrected chi connectivity index (χ0v) is 11.8. The predicted molar refractivity (Wildman–Crippen MR) is 76.3 cm³/mol. The minimum Gasteiger partial charge on any atom is -0.493 e. The molecule has 1 N–H and O–H groups in total. The first kappa shape index (κ1) is 13.2. The Bertz CT molecular complexity index is 761. The second-order valence-corrected chi connectivity index (χ2v) is 6.67. The summed E-state index contributed by atoms with van der Waals surface area (Å²) in [5, 5.41) is 5.38. The molecule has 5 nitrogen and oxygen atoms in total. The zero-order chi connectivity index (χ0) is 14.2. The van der Waals surface area contributed by atoms with Gasteiger partial charge in [0.25, 0.3) is 0 Å². The van der Waals surface area contributed by atoms with E-state index in [0.717, 1.165) is 11.1 Å². The maximum Gasteiger partial charge on any atom is 0.176 e. The van der Waals surface area contributed by atoms with Gasteiger partial charge < -0.3 is 14.5 Å². The largest absolute Gasteiger partial charge is 0.493 e. The van der Waals surface area contributed by atoms with Gasteiger partial charge in [-0.25, -0.2) is 8.42 Å². The summed E-state index contributed by atoms with van der Waals surface area (Å²) < 4.78 is 33.6. The third-order valence-corrected chi connectivity index (χ3v) is 4.64. The first-order valence-corrected chi connectivity index (χ1v) is 7.99. The molecule has 0 amide bonds. The molecule has 0 spiro atoms. The Hall–Kier alpha value is -1.79. The van der Waals surface area contributed by atoms with E-state index in [1.54, 1.807) is 13.2 Å². The average molecular weight is 293 g/mol. The van der Waals surface area contributed by atoms with Gasteiger partial charge >= 0.3 is 0 Å². The van der Waals surface area contributed by atoms with E-state index in [1.807, 2.05) is 24.3 Å². The second-order valence-electron chi connectivity index (χ2n) is 4.74. The molecule has 1 unspecified atom stereocenters. The molecule has 0 fully saturated rings. The van der Waals surface area contributed by atoms with Crippen molar-refractivity contribution in [2.45, 2.75) is 12.6 Å². The van der Waals surface area contributed by atoms with Crippen LogP contribution >= 0.6 is 0 Å². The number of ether oxygens (including phenoxy) is 1. The molecule has 0 saturated carbocycles. The van der Waals surface area contributed by atoms with E-state index in [9.17, 15) is 8.42 Å². The molecule has 1 aliphatic rings. The van der Waals surface area contributed by atoms with Gasteiger partial charge in [0.1, 0.15) is 5.76 Å². The number of benzene rings is 1. The molecule has 0 aliphatic carbocycles. The number of hydrogen-bond donors (Lipinski definition) is 1. The van der Waals surface area contributed by atoms with Crippen LogP contribution in [0.1, 0.15) is 5.76 Å². The van der Waals surface area contributed by atoms with Crippen molar-refractivity contribution in [2.75, 3.05) is 12.9 Å². The van der Waals surface area contributed by atoms with Gasteiger partial charge in [-0.3, -0.25) is 0 Å². The molecule has 1 aromatic carbocycles. The lowest BCUT2D eigenvalue weighted by Gasteiger charge is -2.07. The number of nitrogens with one attached hydrogen (secondary N) is 1. The van der Waals surface area contributed by atoms with E-state index in [-0.39, 0.29) is 11.8 Å². The summed E-state index contributed by atoms with van der Waals surface area (Å²) in [6.45, 7) is 0.475. The van der Waals surface area contributed by atoms with Gasteiger partial charge in [-0.1, -0.05) is 18.2 Å². The van der Waals surface area contributed by atoms with Gasteiger partial charge in [0, 0.05) is 16.8 Å². The van der Waals surface area contributed by atoms with E-state index >= 15 is 0 Å². The van der Waals surface area contributed by atoms with E-state index in [4.69, 9.17) is 9.15 Å². The minimum atomic E-state index is -3.03. The molecular formula is C14H15NO4S. The molecule has 0 radical (unpaired) electrons. The van der Waals surface area contributed by atoms with E-state index < -0.39 is 9.84 Å². The van der Waals surface area contributed by atoms with Gasteiger partial charge in [-0.2, -0.15) is 0 Å². The number of furan rings is 1. The van der Waals surface area contributed by atoms with Crippen molar-refractivity contribution in [3.63, 3.8) is 0 Å². The second kappa shape index (κ2) is 4.96. The number of hydrogen-bond acceptors (Lipinski definition) is 5. The average Bonchev–Trinajstić information content (AvgIpc) is 2.98. The summed E-state index contributed by atoms with van der Waals surface area (Å²) in [7, 11) is -1.43. The van der Waals surface area contributed by atoms with Gasteiger partial charge in [0.15, 0.2) is 21.2 Å². The highest BCUT2D eigenvalue weighted by Crippen LogP contribution is 2.28. The summed E-state index contributed by atoms with van der Waals surface area (Å²) in [5.41, 5.74) is 0.710. The highest BCUT2D eigenvalue weighted by atomic mass is 32.2. The standard InChI is InChI=1S/C14H15NO4S/c1-18-13-4-2-3-10-7-12(19-14(10)13)8-15-11-5-6-20(16,17)9-11/h2-7,11,15H,8-9H2,1H3. The Labute approximate surface area is 117 Å². The molecule has 1 aromatic heterocycles. The molecule has 2 heterocycles. The monoisotopic (exact) mass is 293 g/mol. The lowest BCUT2D eigenvalue weighted by molar-refractivity contribution is 0.405. The highest BCUT2D eigenvalue weighted by molar-refractivity contribution is 7.94. The van der Waals surface area contributed by atoms with E-state index in [0.29, 0.717) is 17.9 Å². The van der Waals surface area contributed by atoms with Crippen LogP contribution in [0.2, 0.25) is 0 Å². The van der Waals surface area contributed by atoms with E-state index in [1.165, 1.54) is 5.41 Å². The number of fused-ring (bicyclic) bond motifs is 1. The van der Waals surface area contributed by atoms with Crippen LogP contribution < -0.4 is 10.1 Å². The van der Waals surface area contributed by atoms with Crippen LogP contribution in [0.5, 0.6) is 5.75 Å². The summed E-state index contributed by atoms with van der Waals surface area (Å²) in [6.07, 6.45) is 1.67. The molecular weight excluding hydrogens is 278 g/mol. The van der Waals surface area contributed by atoms with Gasteiger partial charge in [0.2, 0.25) is 0 Å². The number of rotatable bonds is 4. The van der Waals surface area contributed by atoms with Crippen molar-refractivity contribution in [3.8, 4) is 5.75 Å². The summed E-state index contributed by atoms with van der Waals surface area (Å²) in [6, 6.07) is 7.47. The quantitative estimate of drug-likeness (QED) is 0.931. The Morgan fingerprint density at radius 3 is 3.00 bits per heavy atom. The molecule has 2 aromatic rings. The first-order chi connectivity index (χ1) is 9.57. The van der Waals surface area contributed by atoms with Crippen molar-refractivity contribution in [1.82, 2.24) is 5.32 Å². The van der Waals surface area contributed by atoms with Gasteiger partial charge in [-0.05, 0) is 12.1 Å². The molecule has 3 rings (SSSR count). The van der Waals surface area contributed by atoms with Crippen LogP contribution in [0, 0.1) is 0 Å². The Kier molecular flexibility index (Phi) is 3.27. The highest BCUT2D eigenvalue weighted by Gasteiger charge is 2.21. The maximum atomic E-state index is 11.3. The van der Waals surface area contributed by atoms with Crippen LogP contribution in [0.15, 0.2) is 40.2 Å². The molecule has 1 aliphatic heterocycles. The smallest absolute Gasteiger partial charge is 0.176 e. The molecule has 0 bridgehead atoms. The Balaban J connectivity index is 1.74. The predicted octanol–water partition coefficient (Wildman–Crippen LogP) is 1.84. The van der Waals surface area contributed by atoms with Crippen molar-refractivity contribution < 1.29 is 17.6 Å². The zero-order valence-electron chi connectivity index (χ0n) is 11.0. The summed E-state index contributed by atoms with van der Waals surface area (Å²) in [4.78, 5) is 0. The van der Waals surface area contributed by atoms with Gasteiger partial charge in [0.05, 0.1) is 19.4 Å². The van der Waals surface area contributed by atoms with Crippen LogP contribution in [-0.4, -0.2) is 27.3 Å². The van der Waals surface area contributed by atoms with Gasteiger partial charge in [-0.15, -0.1) is 0 Å². The Morgan fingerprint density at radius 2 is 2.30 bits per heavy atom. The normalized spacial score (nSPS) is 20.6. The minimum absolute atomic E-state index is 0.108. The molecule has 20 heavy (non-hydrogen) atoms. The third-order valence-electron chi connectivity index (χ3n) is 3.25. The van der Waals surface area contributed by atoms with Crippen LogP contribution in [0.3, 0.4) is 0 Å². The number of sulfone groups is 1. The van der Waals surface area contributed by atoms with Crippen molar-refractivity contribution in [2.24, 2.45) is 0 Å². The fourth-order valence-corrected chi connectivity index (χ4v) is 3.54. The third kappa shape index (κ3) is 2.57. The number of methoxy groups -OCH3 is 1. The van der Waals surface area contributed by atoms with Crippen molar-refractivity contribution >= 4 is 20.8 Å². The van der Waals surface area contributed by atoms with E-state index in [2.05, 4.69) is 5.32 Å². The molecule has 6 heteroatoms. The molecule has 0 saturated heterocycles. The molecule has 106 valence electrons. The summed E-state index contributed by atoms with van der Waals surface area (Å²) in [5.74, 6) is 1.55. The molecule has 1 atom stereocenters. The lowest BCUT2D eigenvalue weighted by Crippen LogP contribution is -2.29. The topological polar surface area (TPSA) is 68.5 Å². The fraction of sp³-hybridized carbons (Fsp3) is 0.286. The lowest BCUT2D eigenvalue weighted by atomic mass is 10.2. The fourth-order valence-electron chi connectivity index (χ4n) is 2.27. The first-order valence-electron chi connectivity index (χ1n) is 6.27. The Morgan fingerprint density at radius 1 is 1.45 bits per heavy atom. The maximum absolute atomic E-state index is 11.3.